The summed E-state index contributed by atoms with van der Waals surface area (Å²) in [5.74, 6) is -1.22. The van der Waals surface area contributed by atoms with Crippen molar-refractivity contribution >= 4 is 11.9 Å². The summed E-state index contributed by atoms with van der Waals surface area (Å²) < 4.78 is 11.0. The molecule has 0 N–H and O–H groups in total. The zero-order valence-electron chi connectivity index (χ0n) is 11.9. The summed E-state index contributed by atoms with van der Waals surface area (Å²) in [6, 6.07) is 9.64. The highest BCUT2D eigenvalue weighted by Gasteiger charge is 2.19. The first-order valence-electron chi connectivity index (χ1n) is 6.44. The van der Waals surface area contributed by atoms with E-state index in [1.165, 1.54) is 13.3 Å². The Morgan fingerprint density at radius 1 is 1.29 bits per heavy atom. The van der Waals surface area contributed by atoms with E-state index in [1.54, 1.807) is 10.9 Å². The van der Waals surface area contributed by atoms with E-state index in [-0.39, 0.29) is 11.7 Å². The number of aromatic nitrogens is 2. The molecule has 0 saturated carbocycles. The van der Waals surface area contributed by atoms with E-state index >= 15 is 0 Å². The lowest BCUT2D eigenvalue weighted by Gasteiger charge is -2.16. The van der Waals surface area contributed by atoms with Crippen molar-refractivity contribution in [3.8, 4) is 0 Å². The topological polar surface area (TPSA) is 70.4 Å². The van der Waals surface area contributed by atoms with Crippen molar-refractivity contribution in [2.24, 2.45) is 0 Å². The minimum atomic E-state index is -0.610. The van der Waals surface area contributed by atoms with Crippen LogP contribution in [-0.2, 0) is 14.3 Å². The molecular formula is C15H16N2O4. The predicted octanol–water partition coefficient (Wildman–Crippen LogP) is 1.82. The highest BCUT2D eigenvalue weighted by molar-refractivity contribution is 5.89. The standard InChI is InChI=1S/C15H16N2O4/c1-11(12-6-4-3-5-7-12)17-10-16-8-13(17)15(19)21-9-14(18)20-2/h3-8,10-11H,9H2,1-2H3. The van der Waals surface area contributed by atoms with Gasteiger partial charge in [0.25, 0.3) is 0 Å². The third kappa shape index (κ3) is 3.47. The maximum atomic E-state index is 12.0. The van der Waals surface area contributed by atoms with E-state index in [0.717, 1.165) is 5.56 Å². The first-order chi connectivity index (χ1) is 10.1. The summed E-state index contributed by atoms with van der Waals surface area (Å²) >= 11 is 0. The molecule has 110 valence electrons. The molecular weight excluding hydrogens is 272 g/mol. The lowest BCUT2D eigenvalue weighted by molar-refractivity contribution is -0.144. The van der Waals surface area contributed by atoms with E-state index in [4.69, 9.17) is 4.74 Å². The molecule has 6 nitrogen and oxygen atoms in total. The molecule has 2 aromatic rings. The molecule has 0 bridgehead atoms. The number of esters is 2. The highest BCUT2D eigenvalue weighted by Crippen LogP contribution is 2.19. The van der Waals surface area contributed by atoms with E-state index in [1.807, 2.05) is 37.3 Å². The maximum Gasteiger partial charge on any atom is 0.357 e. The second-order valence-electron chi connectivity index (χ2n) is 4.43. The summed E-state index contributed by atoms with van der Waals surface area (Å²) in [7, 11) is 1.23. The third-order valence-electron chi connectivity index (χ3n) is 3.12. The largest absolute Gasteiger partial charge is 0.466 e. The number of carbonyl (C=O) groups excluding carboxylic acids is 2. The van der Waals surface area contributed by atoms with Gasteiger partial charge in [-0.2, -0.15) is 0 Å². The minimum Gasteiger partial charge on any atom is -0.466 e. The molecule has 0 radical (unpaired) electrons. The van der Waals surface area contributed by atoms with Crippen LogP contribution in [0.4, 0.5) is 0 Å². The zero-order valence-corrected chi connectivity index (χ0v) is 11.9. The lowest BCUT2D eigenvalue weighted by Crippen LogP contribution is -2.19. The van der Waals surface area contributed by atoms with Crippen molar-refractivity contribution in [3.05, 3.63) is 54.1 Å². The Morgan fingerprint density at radius 3 is 2.67 bits per heavy atom. The second-order valence-corrected chi connectivity index (χ2v) is 4.43. The average molecular weight is 288 g/mol. The van der Waals surface area contributed by atoms with Crippen LogP contribution in [0.3, 0.4) is 0 Å². The predicted molar refractivity (Wildman–Crippen MR) is 74.8 cm³/mol. The highest BCUT2D eigenvalue weighted by atomic mass is 16.6. The van der Waals surface area contributed by atoms with Gasteiger partial charge >= 0.3 is 11.9 Å². The normalized spacial score (nSPS) is 11.7. The van der Waals surface area contributed by atoms with Crippen LogP contribution in [0, 0.1) is 0 Å². The molecule has 0 saturated heterocycles. The van der Waals surface area contributed by atoms with Gasteiger partial charge in [-0.1, -0.05) is 30.3 Å². The van der Waals surface area contributed by atoms with Gasteiger partial charge in [0.05, 0.1) is 25.7 Å². The summed E-state index contributed by atoms with van der Waals surface area (Å²) in [5, 5.41) is 0. The van der Waals surface area contributed by atoms with Gasteiger partial charge in [0.2, 0.25) is 0 Å². The Morgan fingerprint density at radius 2 is 2.00 bits per heavy atom. The molecule has 1 atom stereocenters. The number of hydrogen-bond acceptors (Lipinski definition) is 5. The van der Waals surface area contributed by atoms with Crippen molar-refractivity contribution in [3.63, 3.8) is 0 Å². The van der Waals surface area contributed by atoms with Gasteiger partial charge in [-0.05, 0) is 12.5 Å². The monoisotopic (exact) mass is 288 g/mol. The van der Waals surface area contributed by atoms with Crippen LogP contribution in [0.5, 0.6) is 0 Å². The van der Waals surface area contributed by atoms with Gasteiger partial charge in [-0.3, -0.25) is 0 Å². The fourth-order valence-corrected chi connectivity index (χ4v) is 1.92. The molecule has 0 aliphatic carbocycles. The zero-order chi connectivity index (χ0) is 15.2. The molecule has 1 aromatic carbocycles. The van der Waals surface area contributed by atoms with Crippen LogP contribution < -0.4 is 0 Å². The van der Waals surface area contributed by atoms with E-state index in [0.29, 0.717) is 0 Å². The number of nitrogens with zero attached hydrogens (tertiary/aromatic N) is 2. The minimum absolute atomic E-state index is 0.0747. The van der Waals surface area contributed by atoms with Gasteiger partial charge in [-0.15, -0.1) is 0 Å². The van der Waals surface area contributed by atoms with Gasteiger partial charge in [0, 0.05) is 0 Å². The Labute approximate surface area is 122 Å². The maximum absolute atomic E-state index is 12.0. The number of benzene rings is 1. The summed E-state index contributed by atoms with van der Waals surface area (Å²) in [4.78, 5) is 27.0. The first-order valence-corrected chi connectivity index (χ1v) is 6.44. The third-order valence-corrected chi connectivity index (χ3v) is 3.12. The number of ether oxygens (including phenoxy) is 2. The van der Waals surface area contributed by atoms with Gasteiger partial charge in [0.15, 0.2) is 6.61 Å². The molecule has 2 rings (SSSR count). The molecule has 1 aromatic heterocycles. The van der Waals surface area contributed by atoms with Crippen LogP contribution >= 0.6 is 0 Å². The number of hydrogen-bond donors (Lipinski definition) is 0. The quantitative estimate of drug-likeness (QED) is 0.785. The van der Waals surface area contributed by atoms with E-state index in [2.05, 4.69) is 9.72 Å². The van der Waals surface area contributed by atoms with Gasteiger partial charge in [-0.25, -0.2) is 14.6 Å². The smallest absolute Gasteiger partial charge is 0.357 e. The van der Waals surface area contributed by atoms with Crippen LogP contribution in [0.15, 0.2) is 42.9 Å². The number of methoxy groups -OCH3 is 1. The Balaban J connectivity index is 2.15. The summed E-state index contributed by atoms with van der Waals surface area (Å²) in [6.45, 7) is 1.54. The van der Waals surface area contributed by atoms with Gasteiger partial charge in [0.1, 0.15) is 5.69 Å². The number of rotatable bonds is 5. The second kappa shape index (κ2) is 6.69. The molecule has 1 heterocycles. The number of carbonyl (C=O) groups is 2. The van der Waals surface area contributed by atoms with Crippen molar-refractivity contribution in [2.75, 3.05) is 13.7 Å². The fourth-order valence-electron chi connectivity index (χ4n) is 1.92. The first kappa shape index (κ1) is 14.8. The van der Waals surface area contributed by atoms with E-state index in [9.17, 15) is 9.59 Å². The average Bonchev–Trinajstić information content (AvgIpc) is 3.01. The Kier molecular flexibility index (Phi) is 4.71. The molecule has 0 aliphatic rings. The summed E-state index contributed by atoms with van der Waals surface area (Å²) in [6.07, 6.45) is 2.98. The fraction of sp³-hybridized carbons (Fsp3) is 0.267. The van der Waals surface area contributed by atoms with Crippen molar-refractivity contribution < 1.29 is 19.1 Å². The van der Waals surface area contributed by atoms with Crippen LogP contribution in [0.25, 0.3) is 0 Å². The molecule has 0 fully saturated rings. The van der Waals surface area contributed by atoms with Crippen LogP contribution in [0.2, 0.25) is 0 Å². The molecule has 1 unspecified atom stereocenters. The summed E-state index contributed by atoms with van der Waals surface area (Å²) in [5.41, 5.74) is 1.33. The molecule has 6 heteroatoms. The van der Waals surface area contributed by atoms with Crippen molar-refractivity contribution in [2.45, 2.75) is 13.0 Å². The van der Waals surface area contributed by atoms with Crippen molar-refractivity contribution in [1.29, 1.82) is 0 Å². The van der Waals surface area contributed by atoms with E-state index < -0.39 is 18.5 Å². The SMILES string of the molecule is COC(=O)COC(=O)c1cncn1C(C)c1ccccc1. The Hall–Kier alpha value is -2.63. The van der Waals surface area contributed by atoms with Crippen LogP contribution in [0.1, 0.15) is 29.0 Å². The molecule has 21 heavy (non-hydrogen) atoms. The van der Waals surface area contributed by atoms with Crippen molar-refractivity contribution in [1.82, 2.24) is 9.55 Å². The van der Waals surface area contributed by atoms with Crippen LogP contribution in [-0.4, -0.2) is 35.2 Å². The van der Waals surface area contributed by atoms with Gasteiger partial charge < -0.3 is 14.0 Å². The molecule has 0 amide bonds. The number of imidazole rings is 1. The Bertz CT molecular complexity index is 622. The molecule has 0 aliphatic heterocycles. The lowest BCUT2D eigenvalue weighted by atomic mass is 10.1. The molecule has 0 spiro atoms.